The monoisotopic (exact) mass is 416 g/mol. The number of rotatable bonds is 4. The van der Waals surface area contributed by atoms with Gasteiger partial charge in [0.2, 0.25) is 0 Å². The third kappa shape index (κ3) is 4.98. The molecule has 1 heterocycles. The lowest BCUT2D eigenvalue weighted by molar-refractivity contribution is -0.0189. The molecule has 0 bridgehead atoms. The smallest absolute Gasteiger partial charge is 0.126 e. The predicted molar refractivity (Wildman–Crippen MR) is 107 cm³/mol. The van der Waals surface area contributed by atoms with E-state index < -0.39 is 11.6 Å². The van der Waals surface area contributed by atoms with E-state index in [1.54, 1.807) is 0 Å². The van der Waals surface area contributed by atoms with Crippen molar-refractivity contribution in [1.29, 1.82) is 0 Å². The largest absolute Gasteiger partial charge is 0.371 e. The number of hydrogen-bond acceptors (Lipinski definition) is 3. The first kappa shape index (κ1) is 22.1. The zero-order chi connectivity index (χ0) is 17.2. The molecule has 2 aromatic carbocycles. The molecule has 7 heteroatoms. The van der Waals surface area contributed by atoms with Crippen LogP contribution in [0.2, 0.25) is 0 Å². The fourth-order valence-corrected chi connectivity index (χ4v) is 3.98. The topological polar surface area (TPSA) is 24.5 Å². The van der Waals surface area contributed by atoms with E-state index in [9.17, 15) is 8.78 Å². The van der Waals surface area contributed by atoms with Crippen LogP contribution in [-0.2, 0) is 17.8 Å². The molecule has 148 valence electrons. The molecule has 1 N–H and O–H groups in total. The number of nitrogens with one attached hydrogen (secondary N) is 1. The highest BCUT2D eigenvalue weighted by Gasteiger charge is 2.37. The maximum atomic E-state index is 13.4. The maximum absolute atomic E-state index is 13.4. The molecule has 2 aliphatic rings. The van der Waals surface area contributed by atoms with Gasteiger partial charge in [-0.05, 0) is 28.8 Å². The second-order valence-electron chi connectivity index (χ2n) is 6.76. The van der Waals surface area contributed by atoms with Gasteiger partial charge in [-0.25, -0.2) is 8.78 Å². The van der Waals surface area contributed by atoms with Crippen LogP contribution in [0.15, 0.2) is 42.5 Å². The lowest BCUT2D eigenvalue weighted by atomic mass is 10.1. The van der Waals surface area contributed by atoms with Crippen molar-refractivity contribution in [3.05, 3.63) is 70.8 Å². The van der Waals surface area contributed by atoms with Crippen LogP contribution in [0, 0.1) is 11.6 Å². The molecule has 3 nitrogen and oxygen atoms in total. The summed E-state index contributed by atoms with van der Waals surface area (Å²) in [6.45, 7) is 4.12. The summed E-state index contributed by atoms with van der Waals surface area (Å²) in [5, 5.41) is 3.38. The highest BCUT2D eigenvalue weighted by Crippen LogP contribution is 2.38. The number of benzene rings is 2. The summed E-state index contributed by atoms with van der Waals surface area (Å²) in [6, 6.07) is 12.2. The van der Waals surface area contributed by atoms with Crippen molar-refractivity contribution >= 4 is 24.8 Å². The van der Waals surface area contributed by atoms with E-state index in [-0.39, 0.29) is 43.6 Å². The van der Waals surface area contributed by atoms with E-state index >= 15 is 0 Å². The normalized spacial score (nSPS) is 21.9. The van der Waals surface area contributed by atoms with E-state index in [1.165, 1.54) is 23.3 Å². The van der Waals surface area contributed by atoms with Crippen LogP contribution in [0.3, 0.4) is 0 Å². The van der Waals surface area contributed by atoms with Gasteiger partial charge in [-0.1, -0.05) is 24.3 Å². The van der Waals surface area contributed by atoms with E-state index in [2.05, 4.69) is 34.5 Å². The molecule has 1 aliphatic carbocycles. The summed E-state index contributed by atoms with van der Waals surface area (Å²) in [6.07, 6.45) is 0.838. The van der Waals surface area contributed by atoms with Crippen LogP contribution >= 0.6 is 24.8 Å². The maximum Gasteiger partial charge on any atom is 0.126 e. The first-order valence-electron chi connectivity index (χ1n) is 8.80. The van der Waals surface area contributed by atoms with E-state index in [4.69, 9.17) is 4.74 Å². The summed E-state index contributed by atoms with van der Waals surface area (Å²) in [5.74, 6) is -1.13. The average Bonchev–Trinajstić information content (AvgIpc) is 2.98. The molecule has 0 aromatic heterocycles. The number of ether oxygens (including phenoxy) is 1. The number of fused-ring (bicyclic) bond motifs is 1. The van der Waals surface area contributed by atoms with E-state index in [0.717, 1.165) is 38.7 Å². The summed E-state index contributed by atoms with van der Waals surface area (Å²) in [4.78, 5) is 2.46. The minimum atomic E-state index is -0.563. The second-order valence-corrected chi connectivity index (χ2v) is 6.76. The van der Waals surface area contributed by atoms with Gasteiger partial charge >= 0.3 is 0 Å². The van der Waals surface area contributed by atoms with Crippen LogP contribution < -0.4 is 5.32 Å². The minimum Gasteiger partial charge on any atom is -0.371 e. The lowest BCUT2D eigenvalue weighted by Gasteiger charge is -2.36. The fraction of sp³-hybridized carbons (Fsp3) is 0.400. The van der Waals surface area contributed by atoms with Crippen molar-refractivity contribution in [2.45, 2.75) is 25.2 Å². The molecule has 0 amide bonds. The Morgan fingerprint density at radius 3 is 2.37 bits per heavy atom. The minimum absolute atomic E-state index is 0. The van der Waals surface area contributed by atoms with Crippen LogP contribution in [0.4, 0.5) is 8.78 Å². The number of halogens is 4. The molecule has 0 unspecified atom stereocenters. The van der Waals surface area contributed by atoms with Gasteiger partial charge in [0.25, 0.3) is 0 Å². The highest BCUT2D eigenvalue weighted by atomic mass is 35.5. The van der Waals surface area contributed by atoms with Gasteiger partial charge in [0.1, 0.15) is 11.6 Å². The Balaban J connectivity index is 0.00000131. The summed E-state index contributed by atoms with van der Waals surface area (Å²) < 4.78 is 33.0. The van der Waals surface area contributed by atoms with Gasteiger partial charge < -0.3 is 10.1 Å². The second kappa shape index (κ2) is 9.80. The van der Waals surface area contributed by atoms with Gasteiger partial charge in [-0.15, -0.1) is 24.8 Å². The number of nitrogens with zero attached hydrogens (tertiary/aromatic N) is 1. The zero-order valence-electron chi connectivity index (χ0n) is 14.9. The molecular weight excluding hydrogens is 393 g/mol. The first-order valence-corrected chi connectivity index (χ1v) is 8.80. The molecule has 27 heavy (non-hydrogen) atoms. The molecule has 4 rings (SSSR count). The Morgan fingerprint density at radius 2 is 1.67 bits per heavy atom. The molecule has 2 atom stereocenters. The fourth-order valence-electron chi connectivity index (χ4n) is 3.98. The molecule has 0 radical (unpaired) electrons. The lowest BCUT2D eigenvalue weighted by Crippen LogP contribution is -2.47. The van der Waals surface area contributed by atoms with Crippen LogP contribution in [0.25, 0.3) is 0 Å². The van der Waals surface area contributed by atoms with Crippen molar-refractivity contribution in [2.75, 3.05) is 26.2 Å². The van der Waals surface area contributed by atoms with Gasteiger partial charge in [-0.2, -0.15) is 0 Å². The summed E-state index contributed by atoms with van der Waals surface area (Å²) in [7, 11) is 0. The molecule has 2 aromatic rings. The van der Waals surface area contributed by atoms with Crippen molar-refractivity contribution in [3.63, 3.8) is 0 Å². The van der Waals surface area contributed by atoms with Crippen LogP contribution in [-0.4, -0.2) is 37.2 Å². The van der Waals surface area contributed by atoms with Gasteiger partial charge in [0, 0.05) is 38.7 Å². The molecule has 0 saturated carbocycles. The number of hydrogen-bond donors (Lipinski definition) is 1. The average molecular weight is 417 g/mol. The summed E-state index contributed by atoms with van der Waals surface area (Å²) >= 11 is 0. The SMILES string of the molecule is Cl.Cl.Fc1cc(F)cc(CO[C@@H]2Cc3ccccc3[C@H]2N2CCNCC2)c1. The van der Waals surface area contributed by atoms with Crippen LogP contribution in [0.1, 0.15) is 22.7 Å². The Morgan fingerprint density at radius 1 is 1.00 bits per heavy atom. The Kier molecular flexibility index (Phi) is 8.01. The van der Waals surface area contributed by atoms with E-state index in [0.29, 0.717) is 5.56 Å². The van der Waals surface area contributed by atoms with Crippen molar-refractivity contribution in [1.82, 2.24) is 10.2 Å². The third-order valence-electron chi connectivity index (χ3n) is 5.08. The zero-order valence-corrected chi connectivity index (χ0v) is 16.5. The Hall–Kier alpha value is -1.24. The highest BCUT2D eigenvalue weighted by molar-refractivity contribution is 5.85. The van der Waals surface area contributed by atoms with Gasteiger partial charge in [-0.3, -0.25) is 4.90 Å². The molecular formula is C20H24Cl2F2N2O. The van der Waals surface area contributed by atoms with E-state index in [1.807, 2.05) is 0 Å². The van der Waals surface area contributed by atoms with Crippen molar-refractivity contribution in [2.24, 2.45) is 0 Å². The van der Waals surface area contributed by atoms with Gasteiger partial charge in [0.15, 0.2) is 0 Å². The predicted octanol–water partition coefficient (Wildman–Crippen LogP) is 3.90. The molecule has 1 fully saturated rings. The Bertz CT molecular complexity index is 736. The molecule has 1 saturated heterocycles. The molecule has 0 spiro atoms. The molecule has 1 aliphatic heterocycles. The quantitative estimate of drug-likeness (QED) is 0.817. The van der Waals surface area contributed by atoms with Gasteiger partial charge in [0.05, 0.1) is 18.8 Å². The number of piperazine rings is 1. The standard InChI is InChI=1S/C20H22F2N2O.2ClH/c21-16-9-14(10-17(22)12-16)13-25-19-11-15-3-1-2-4-18(15)20(19)24-7-5-23-6-8-24;;/h1-4,9-10,12,19-20,23H,5-8,11,13H2;2*1H/t19-,20-;;/m1../s1. The first-order chi connectivity index (χ1) is 12.2. The Labute approximate surface area is 170 Å². The van der Waals surface area contributed by atoms with Crippen molar-refractivity contribution < 1.29 is 13.5 Å². The summed E-state index contributed by atoms with van der Waals surface area (Å²) in [5.41, 5.74) is 3.16. The third-order valence-corrected chi connectivity index (χ3v) is 5.08. The van der Waals surface area contributed by atoms with Crippen molar-refractivity contribution in [3.8, 4) is 0 Å². The van der Waals surface area contributed by atoms with Crippen LogP contribution in [0.5, 0.6) is 0 Å².